The molecule has 6 nitrogen and oxygen atoms in total. The van der Waals surface area contributed by atoms with Crippen LogP contribution in [0.2, 0.25) is 0 Å². The normalized spacial score (nSPS) is 21.1. The summed E-state index contributed by atoms with van der Waals surface area (Å²) in [5, 5.41) is 3.37. The number of ether oxygens (including phenoxy) is 2. The first-order valence-electron chi connectivity index (χ1n) is 9.38. The lowest BCUT2D eigenvalue weighted by atomic mass is 10.2. The fourth-order valence-electron chi connectivity index (χ4n) is 3.58. The number of hydrogen-bond acceptors (Lipinski definition) is 4. The average Bonchev–Trinajstić information content (AvgIpc) is 3.16. The quantitative estimate of drug-likeness (QED) is 0.389. The van der Waals surface area contributed by atoms with Crippen molar-refractivity contribution in [2.45, 2.75) is 25.9 Å². The molecule has 0 spiro atoms. The Bertz CT molecular complexity index is 626. The Hall–Kier alpha value is -1.13. The van der Waals surface area contributed by atoms with E-state index in [2.05, 4.69) is 22.0 Å². The van der Waals surface area contributed by atoms with Gasteiger partial charge in [0.05, 0.1) is 26.9 Å². The predicted molar refractivity (Wildman–Crippen MR) is 116 cm³/mol. The van der Waals surface area contributed by atoms with Crippen LogP contribution in [-0.2, 0) is 11.3 Å². The van der Waals surface area contributed by atoms with Crippen molar-refractivity contribution >= 4 is 29.9 Å². The zero-order valence-corrected chi connectivity index (χ0v) is 18.4. The highest BCUT2D eigenvalue weighted by Gasteiger charge is 2.30. The third kappa shape index (κ3) is 5.92. The standard InChI is InChI=1S/C19H29FN4O2.HI/c1-3-21-19(22-13-15-4-5-18(25-2)17(20)12-15)24-7-6-16(14-24)23-8-10-26-11-9-23;/h4-5,12,16H,3,6-11,13-14H2,1-2H3,(H,21,22);1H. The van der Waals surface area contributed by atoms with E-state index in [4.69, 9.17) is 14.5 Å². The van der Waals surface area contributed by atoms with Gasteiger partial charge in [0.15, 0.2) is 17.5 Å². The summed E-state index contributed by atoms with van der Waals surface area (Å²) in [7, 11) is 1.47. The molecule has 1 unspecified atom stereocenters. The van der Waals surface area contributed by atoms with Gasteiger partial charge >= 0.3 is 0 Å². The number of rotatable bonds is 5. The molecule has 0 bridgehead atoms. The summed E-state index contributed by atoms with van der Waals surface area (Å²) in [6.07, 6.45) is 1.14. The van der Waals surface area contributed by atoms with Gasteiger partial charge in [0.2, 0.25) is 0 Å². The van der Waals surface area contributed by atoms with Gasteiger partial charge in [-0.2, -0.15) is 0 Å². The molecular weight excluding hydrogens is 462 g/mol. The van der Waals surface area contributed by atoms with Crippen LogP contribution in [0.25, 0.3) is 0 Å². The number of nitrogens with one attached hydrogen (secondary N) is 1. The maximum Gasteiger partial charge on any atom is 0.194 e. The number of hydrogen-bond donors (Lipinski definition) is 1. The van der Waals surface area contributed by atoms with E-state index in [-0.39, 0.29) is 35.5 Å². The van der Waals surface area contributed by atoms with Crippen LogP contribution in [-0.4, -0.2) is 74.8 Å². The number of likely N-dealkylation sites (tertiary alicyclic amines) is 1. The molecule has 1 N–H and O–H groups in total. The van der Waals surface area contributed by atoms with E-state index in [1.54, 1.807) is 6.07 Å². The van der Waals surface area contributed by atoms with Crippen molar-refractivity contribution in [1.29, 1.82) is 0 Å². The molecule has 1 aromatic rings. The zero-order chi connectivity index (χ0) is 18.4. The summed E-state index contributed by atoms with van der Waals surface area (Å²) in [5.41, 5.74) is 0.836. The van der Waals surface area contributed by atoms with Gasteiger partial charge in [-0.3, -0.25) is 4.90 Å². The first-order chi connectivity index (χ1) is 12.7. The van der Waals surface area contributed by atoms with Crippen molar-refractivity contribution in [2.75, 3.05) is 53.0 Å². The molecule has 8 heteroatoms. The number of benzene rings is 1. The van der Waals surface area contributed by atoms with Gasteiger partial charge in [-0.25, -0.2) is 9.38 Å². The third-order valence-electron chi connectivity index (χ3n) is 4.99. The van der Waals surface area contributed by atoms with Crippen LogP contribution in [0.1, 0.15) is 18.9 Å². The molecule has 2 heterocycles. The van der Waals surface area contributed by atoms with E-state index in [1.807, 2.05) is 6.07 Å². The highest BCUT2D eigenvalue weighted by molar-refractivity contribution is 14.0. The van der Waals surface area contributed by atoms with E-state index in [0.29, 0.717) is 12.6 Å². The van der Waals surface area contributed by atoms with Gasteiger partial charge in [0, 0.05) is 38.8 Å². The first-order valence-corrected chi connectivity index (χ1v) is 9.38. The minimum atomic E-state index is -0.348. The Morgan fingerprint density at radius 2 is 2.11 bits per heavy atom. The molecule has 0 aliphatic carbocycles. The Morgan fingerprint density at radius 1 is 1.33 bits per heavy atom. The molecular formula is C19H30FIN4O2. The molecule has 2 fully saturated rings. The third-order valence-corrected chi connectivity index (χ3v) is 4.99. The largest absolute Gasteiger partial charge is 0.494 e. The maximum absolute atomic E-state index is 13.9. The smallest absolute Gasteiger partial charge is 0.194 e. The first kappa shape index (κ1) is 22.2. The summed E-state index contributed by atoms with van der Waals surface area (Å²) >= 11 is 0. The van der Waals surface area contributed by atoms with E-state index in [1.165, 1.54) is 13.2 Å². The molecule has 152 valence electrons. The van der Waals surface area contributed by atoms with E-state index < -0.39 is 0 Å². The van der Waals surface area contributed by atoms with Gasteiger partial charge in [-0.05, 0) is 31.0 Å². The van der Waals surface area contributed by atoms with Gasteiger partial charge in [-0.15, -0.1) is 24.0 Å². The highest BCUT2D eigenvalue weighted by atomic mass is 127. The van der Waals surface area contributed by atoms with Crippen molar-refractivity contribution in [3.8, 4) is 5.75 Å². The van der Waals surface area contributed by atoms with Crippen LogP contribution in [0, 0.1) is 5.82 Å². The molecule has 3 rings (SSSR count). The lowest BCUT2D eigenvalue weighted by Gasteiger charge is -2.32. The number of morpholine rings is 1. The number of methoxy groups -OCH3 is 1. The molecule has 0 radical (unpaired) electrons. The van der Waals surface area contributed by atoms with Gasteiger partial charge < -0.3 is 19.7 Å². The topological polar surface area (TPSA) is 49.3 Å². The average molecular weight is 492 g/mol. The molecule has 2 aliphatic heterocycles. The molecule has 1 atom stereocenters. The van der Waals surface area contributed by atoms with Crippen LogP contribution in [0.5, 0.6) is 5.75 Å². The fourth-order valence-corrected chi connectivity index (χ4v) is 3.58. The number of guanidine groups is 1. The second kappa shape index (κ2) is 11.0. The van der Waals surface area contributed by atoms with Crippen LogP contribution >= 0.6 is 24.0 Å². The minimum absolute atomic E-state index is 0. The summed E-state index contributed by atoms with van der Waals surface area (Å²) in [6.45, 7) is 8.97. The molecule has 2 saturated heterocycles. The summed E-state index contributed by atoms with van der Waals surface area (Å²) in [4.78, 5) is 9.55. The van der Waals surface area contributed by atoms with Crippen LogP contribution in [0.15, 0.2) is 23.2 Å². The zero-order valence-electron chi connectivity index (χ0n) is 16.1. The Kier molecular flexibility index (Phi) is 9.04. The molecule has 27 heavy (non-hydrogen) atoms. The lowest BCUT2D eigenvalue weighted by Crippen LogP contribution is -2.46. The van der Waals surface area contributed by atoms with Crippen molar-refractivity contribution in [2.24, 2.45) is 4.99 Å². The van der Waals surface area contributed by atoms with Crippen molar-refractivity contribution < 1.29 is 13.9 Å². The van der Waals surface area contributed by atoms with Crippen molar-refractivity contribution in [3.63, 3.8) is 0 Å². The maximum atomic E-state index is 13.9. The summed E-state index contributed by atoms with van der Waals surface area (Å²) in [5.74, 6) is 0.816. The molecule has 0 aromatic heterocycles. The van der Waals surface area contributed by atoms with Crippen LogP contribution in [0.4, 0.5) is 4.39 Å². The van der Waals surface area contributed by atoms with Crippen LogP contribution in [0.3, 0.4) is 0 Å². The monoisotopic (exact) mass is 492 g/mol. The second-order valence-corrected chi connectivity index (χ2v) is 6.68. The molecule has 0 saturated carbocycles. The lowest BCUT2D eigenvalue weighted by molar-refractivity contribution is 0.0195. The summed E-state index contributed by atoms with van der Waals surface area (Å²) in [6, 6.07) is 5.56. The van der Waals surface area contributed by atoms with Gasteiger partial charge in [0.1, 0.15) is 0 Å². The Morgan fingerprint density at radius 3 is 2.78 bits per heavy atom. The number of nitrogens with zero attached hydrogens (tertiary/aromatic N) is 3. The molecule has 2 aliphatic rings. The van der Waals surface area contributed by atoms with Crippen molar-refractivity contribution in [1.82, 2.24) is 15.1 Å². The summed E-state index contributed by atoms with van der Waals surface area (Å²) < 4.78 is 24.3. The Balaban J connectivity index is 0.00000261. The van der Waals surface area contributed by atoms with Crippen LogP contribution < -0.4 is 10.1 Å². The number of halogens is 2. The fraction of sp³-hybridized carbons (Fsp3) is 0.632. The van der Waals surface area contributed by atoms with E-state index >= 15 is 0 Å². The van der Waals surface area contributed by atoms with E-state index in [9.17, 15) is 4.39 Å². The molecule has 1 aromatic carbocycles. The van der Waals surface area contributed by atoms with E-state index in [0.717, 1.165) is 63.9 Å². The highest BCUT2D eigenvalue weighted by Crippen LogP contribution is 2.19. The number of aliphatic imine (C=N–C) groups is 1. The van der Waals surface area contributed by atoms with Crippen molar-refractivity contribution in [3.05, 3.63) is 29.6 Å². The minimum Gasteiger partial charge on any atom is -0.494 e. The molecule has 0 amide bonds. The van der Waals surface area contributed by atoms with Gasteiger partial charge in [0.25, 0.3) is 0 Å². The second-order valence-electron chi connectivity index (χ2n) is 6.68. The SMILES string of the molecule is CCNC(=NCc1ccc(OC)c(F)c1)N1CCC(N2CCOCC2)C1.I. The predicted octanol–water partition coefficient (Wildman–Crippen LogP) is 2.32. The van der Waals surface area contributed by atoms with Gasteiger partial charge in [-0.1, -0.05) is 6.07 Å². The Labute approximate surface area is 178 Å².